The average molecular weight is 518 g/mol. The summed E-state index contributed by atoms with van der Waals surface area (Å²) < 4.78 is 63.1. The van der Waals surface area contributed by atoms with Gasteiger partial charge in [0.2, 0.25) is 15.9 Å². The Morgan fingerprint density at radius 2 is 2.09 bits per heavy atom. The molecule has 4 rings (SSSR count). The number of H-pyrrole nitrogens is 1. The van der Waals surface area contributed by atoms with E-state index >= 15 is 0 Å². The normalized spacial score (nSPS) is 17.8. The number of rotatable bonds is 5. The van der Waals surface area contributed by atoms with E-state index in [0.29, 0.717) is 21.6 Å². The molecule has 0 aromatic carbocycles. The predicted octanol–water partition coefficient (Wildman–Crippen LogP) is 1.80. The molecule has 0 radical (unpaired) electrons. The fourth-order valence-electron chi connectivity index (χ4n) is 3.66. The lowest BCUT2D eigenvalue weighted by molar-refractivity contribution is -0.139. The van der Waals surface area contributed by atoms with Gasteiger partial charge < -0.3 is 15.2 Å². The summed E-state index contributed by atoms with van der Waals surface area (Å²) >= 11 is 6.05. The second-order valence-electron chi connectivity index (χ2n) is 7.65. The maximum absolute atomic E-state index is 12.7. The smallest absolute Gasteiger partial charge is 0.345 e. The molecule has 10 nitrogen and oxygen atoms in total. The van der Waals surface area contributed by atoms with E-state index < -0.39 is 34.7 Å². The summed E-state index contributed by atoms with van der Waals surface area (Å²) in [6, 6.07) is 1.96. The van der Waals surface area contributed by atoms with Gasteiger partial charge in [0.25, 0.3) is 0 Å². The van der Waals surface area contributed by atoms with Crippen LogP contribution in [-0.4, -0.2) is 83.2 Å². The third kappa shape index (κ3) is 5.23. The Labute approximate surface area is 197 Å². The number of anilines is 1. The van der Waals surface area contributed by atoms with Crippen LogP contribution in [0.25, 0.3) is 22.4 Å². The van der Waals surface area contributed by atoms with Crippen molar-refractivity contribution in [1.82, 2.24) is 29.6 Å². The number of nitrogens with one attached hydrogen (secondary N) is 2. The number of aromatic amines is 1. The largest absolute Gasteiger partial charge is 0.405 e. The van der Waals surface area contributed by atoms with Gasteiger partial charge in [-0.1, -0.05) is 11.6 Å². The highest BCUT2D eigenvalue weighted by molar-refractivity contribution is 7.88. The van der Waals surface area contributed by atoms with E-state index in [0.717, 1.165) is 10.6 Å². The van der Waals surface area contributed by atoms with Crippen molar-refractivity contribution in [1.29, 1.82) is 0 Å². The Morgan fingerprint density at radius 3 is 2.79 bits per heavy atom. The van der Waals surface area contributed by atoms with Gasteiger partial charge in [-0.2, -0.15) is 17.5 Å². The van der Waals surface area contributed by atoms with Crippen LogP contribution in [0.1, 0.15) is 0 Å². The standard InChI is InChI=1S/C19H19ClF3N7O3S/c1-34(32,33)29-4-5-30(14(9-29)18(31)27-10-19(21,22)23)15-2-3-24-17(28-15)13-8-26-16-12(13)6-11(20)7-25-16/h2-3,6-8,14H,4-5,9-10H2,1H3,(H,25,26)(H,27,31)/t14-/m1/s1. The maximum Gasteiger partial charge on any atom is 0.405 e. The zero-order valence-electron chi connectivity index (χ0n) is 17.7. The summed E-state index contributed by atoms with van der Waals surface area (Å²) in [4.78, 5) is 30.1. The first-order valence-electron chi connectivity index (χ1n) is 9.94. The number of amides is 1. The molecular weight excluding hydrogens is 499 g/mol. The minimum absolute atomic E-state index is 0.0355. The number of aromatic nitrogens is 4. The van der Waals surface area contributed by atoms with Crippen LogP contribution in [0, 0.1) is 0 Å². The molecule has 15 heteroatoms. The van der Waals surface area contributed by atoms with E-state index in [-0.39, 0.29) is 31.3 Å². The zero-order chi connectivity index (χ0) is 24.7. The molecule has 1 amide bonds. The number of halogens is 4. The van der Waals surface area contributed by atoms with E-state index in [1.165, 1.54) is 23.4 Å². The summed E-state index contributed by atoms with van der Waals surface area (Å²) in [7, 11) is -3.67. The lowest BCUT2D eigenvalue weighted by Gasteiger charge is -2.40. The molecule has 0 aliphatic carbocycles. The van der Waals surface area contributed by atoms with Crippen LogP contribution < -0.4 is 10.2 Å². The quantitative estimate of drug-likeness (QED) is 0.529. The molecule has 0 saturated carbocycles. The molecule has 3 aromatic heterocycles. The lowest BCUT2D eigenvalue weighted by Crippen LogP contribution is -2.60. The van der Waals surface area contributed by atoms with Gasteiger partial charge in [0, 0.05) is 49.2 Å². The van der Waals surface area contributed by atoms with Crippen LogP contribution in [0.5, 0.6) is 0 Å². The Bertz CT molecular complexity index is 1330. The van der Waals surface area contributed by atoms with Crippen LogP contribution in [0.2, 0.25) is 5.02 Å². The highest BCUT2D eigenvalue weighted by Crippen LogP contribution is 2.29. The Morgan fingerprint density at radius 1 is 1.32 bits per heavy atom. The van der Waals surface area contributed by atoms with Gasteiger partial charge in [-0.05, 0) is 12.1 Å². The number of carbonyl (C=O) groups excluding carboxylic acids is 1. The van der Waals surface area contributed by atoms with Crippen LogP contribution in [0.3, 0.4) is 0 Å². The van der Waals surface area contributed by atoms with Crippen LogP contribution in [0.4, 0.5) is 19.0 Å². The Hall–Kier alpha value is -2.97. The van der Waals surface area contributed by atoms with Crippen molar-refractivity contribution in [2.75, 3.05) is 37.3 Å². The molecule has 0 bridgehead atoms. The molecular formula is C19H19ClF3N7O3S. The minimum Gasteiger partial charge on any atom is -0.345 e. The van der Waals surface area contributed by atoms with Gasteiger partial charge in [0.15, 0.2) is 5.82 Å². The van der Waals surface area contributed by atoms with Gasteiger partial charge >= 0.3 is 6.18 Å². The summed E-state index contributed by atoms with van der Waals surface area (Å²) in [5, 5.41) is 2.90. The Kier molecular flexibility index (Phi) is 6.40. The van der Waals surface area contributed by atoms with Crippen molar-refractivity contribution in [3.63, 3.8) is 0 Å². The summed E-state index contributed by atoms with van der Waals surface area (Å²) in [6.07, 6.45) is 0.932. The fraction of sp³-hybridized carbons (Fsp3) is 0.368. The molecule has 1 aliphatic rings. The van der Waals surface area contributed by atoms with Crippen LogP contribution in [0.15, 0.2) is 30.7 Å². The average Bonchev–Trinajstić information content (AvgIpc) is 3.19. The first-order valence-corrected chi connectivity index (χ1v) is 12.2. The van der Waals surface area contributed by atoms with E-state index in [1.807, 2.05) is 5.32 Å². The van der Waals surface area contributed by atoms with E-state index in [9.17, 15) is 26.4 Å². The number of alkyl halides is 3. The molecule has 2 N–H and O–H groups in total. The van der Waals surface area contributed by atoms with Crippen LogP contribution in [-0.2, 0) is 14.8 Å². The SMILES string of the molecule is CS(=O)(=O)N1CCN(c2ccnc(-c3c[nH]c4ncc(Cl)cc34)n2)[C@@H](C(=O)NCC(F)(F)F)C1. The monoisotopic (exact) mass is 517 g/mol. The van der Waals surface area contributed by atoms with Crippen molar-refractivity contribution in [3.8, 4) is 11.4 Å². The number of fused-ring (bicyclic) bond motifs is 1. The number of piperazine rings is 1. The number of hydrogen-bond acceptors (Lipinski definition) is 7. The van der Waals surface area contributed by atoms with E-state index in [2.05, 4.69) is 19.9 Å². The third-order valence-corrected chi connectivity index (χ3v) is 6.73. The molecule has 3 aromatic rings. The second kappa shape index (κ2) is 9.00. The number of carbonyl (C=O) groups is 1. The molecule has 4 heterocycles. The number of sulfonamides is 1. The van der Waals surface area contributed by atoms with Crippen molar-refractivity contribution < 1.29 is 26.4 Å². The van der Waals surface area contributed by atoms with Crippen molar-refractivity contribution >= 4 is 44.4 Å². The van der Waals surface area contributed by atoms with E-state index in [1.54, 1.807) is 12.3 Å². The van der Waals surface area contributed by atoms with Gasteiger partial charge in [-0.3, -0.25) is 4.79 Å². The second-order valence-corrected chi connectivity index (χ2v) is 10.1. The number of pyridine rings is 1. The number of hydrogen-bond donors (Lipinski definition) is 2. The maximum atomic E-state index is 12.7. The van der Waals surface area contributed by atoms with Gasteiger partial charge in [-0.15, -0.1) is 0 Å². The first kappa shape index (κ1) is 24.2. The highest BCUT2D eigenvalue weighted by atomic mass is 35.5. The summed E-state index contributed by atoms with van der Waals surface area (Å²) in [5.41, 5.74) is 1.14. The third-order valence-electron chi connectivity index (χ3n) is 5.25. The molecule has 1 saturated heterocycles. The Balaban J connectivity index is 1.68. The molecule has 0 spiro atoms. The van der Waals surface area contributed by atoms with Crippen molar-refractivity contribution in [3.05, 3.63) is 35.7 Å². The number of nitrogens with zero attached hydrogens (tertiary/aromatic N) is 5. The molecule has 0 unspecified atom stereocenters. The molecule has 1 fully saturated rings. The topological polar surface area (TPSA) is 124 Å². The van der Waals surface area contributed by atoms with Gasteiger partial charge in [0.1, 0.15) is 24.1 Å². The fourth-order valence-corrected chi connectivity index (χ4v) is 4.65. The summed E-state index contributed by atoms with van der Waals surface area (Å²) in [5.74, 6) is -0.434. The van der Waals surface area contributed by atoms with Crippen molar-refractivity contribution in [2.24, 2.45) is 0 Å². The van der Waals surface area contributed by atoms with Gasteiger partial charge in [-0.25, -0.2) is 23.4 Å². The molecule has 182 valence electrons. The van der Waals surface area contributed by atoms with Crippen molar-refractivity contribution in [2.45, 2.75) is 12.2 Å². The zero-order valence-corrected chi connectivity index (χ0v) is 19.2. The van der Waals surface area contributed by atoms with Gasteiger partial charge in [0.05, 0.1) is 11.3 Å². The molecule has 1 aliphatic heterocycles. The van der Waals surface area contributed by atoms with E-state index in [4.69, 9.17) is 11.6 Å². The summed E-state index contributed by atoms with van der Waals surface area (Å²) in [6.45, 7) is -1.79. The predicted molar refractivity (Wildman–Crippen MR) is 119 cm³/mol. The lowest BCUT2D eigenvalue weighted by atomic mass is 10.1. The first-order chi connectivity index (χ1) is 15.9. The molecule has 34 heavy (non-hydrogen) atoms. The molecule has 1 atom stereocenters. The van der Waals surface area contributed by atoms with Crippen LogP contribution >= 0.6 is 11.6 Å². The minimum atomic E-state index is -4.61. The highest BCUT2D eigenvalue weighted by Gasteiger charge is 2.38.